The SMILES string of the molecule is CC(=O)c1ccc(CCC2CC2)c(N)c1. The van der Waals surface area contributed by atoms with Crippen molar-refractivity contribution in [2.45, 2.75) is 32.6 Å². The minimum atomic E-state index is 0.0791. The van der Waals surface area contributed by atoms with Gasteiger partial charge in [-0.25, -0.2) is 0 Å². The lowest BCUT2D eigenvalue weighted by atomic mass is 10.0. The highest BCUT2D eigenvalue weighted by Crippen LogP contribution is 2.34. The Morgan fingerprint density at radius 2 is 2.20 bits per heavy atom. The van der Waals surface area contributed by atoms with Crippen LogP contribution in [-0.4, -0.2) is 5.78 Å². The van der Waals surface area contributed by atoms with Crippen LogP contribution in [0, 0.1) is 5.92 Å². The molecule has 15 heavy (non-hydrogen) atoms. The number of nitrogens with two attached hydrogens (primary N) is 1. The van der Waals surface area contributed by atoms with Crippen LogP contribution >= 0.6 is 0 Å². The molecule has 0 heterocycles. The normalized spacial score (nSPS) is 15.3. The summed E-state index contributed by atoms with van der Waals surface area (Å²) in [4.78, 5) is 11.1. The third kappa shape index (κ3) is 2.58. The first-order valence-electron chi connectivity index (χ1n) is 5.56. The zero-order valence-electron chi connectivity index (χ0n) is 9.12. The number of hydrogen-bond acceptors (Lipinski definition) is 2. The molecule has 2 N–H and O–H groups in total. The van der Waals surface area contributed by atoms with Gasteiger partial charge in [-0.2, -0.15) is 0 Å². The zero-order valence-corrected chi connectivity index (χ0v) is 9.12. The van der Waals surface area contributed by atoms with E-state index in [2.05, 4.69) is 0 Å². The molecule has 0 unspecified atom stereocenters. The molecule has 0 radical (unpaired) electrons. The van der Waals surface area contributed by atoms with Gasteiger partial charge in [0, 0.05) is 11.3 Å². The molecule has 0 amide bonds. The Hall–Kier alpha value is -1.31. The number of carbonyl (C=O) groups is 1. The average molecular weight is 203 g/mol. The summed E-state index contributed by atoms with van der Waals surface area (Å²) in [6.07, 6.45) is 5.05. The fraction of sp³-hybridized carbons (Fsp3) is 0.462. The van der Waals surface area contributed by atoms with Gasteiger partial charge in [-0.1, -0.05) is 25.0 Å². The van der Waals surface area contributed by atoms with Crippen molar-refractivity contribution in [3.05, 3.63) is 29.3 Å². The van der Waals surface area contributed by atoms with Gasteiger partial charge in [-0.15, -0.1) is 0 Å². The molecule has 1 fully saturated rings. The molecule has 80 valence electrons. The van der Waals surface area contributed by atoms with E-state index in [0.717, 1.165) is 18.0 Å². The van der Waals surface area contributed by atoms with Crippen molar-refractivity contribution in [2.24, 2.45) is 5.92 Å². The average Bonchev–Trinajstić information content (AvgIpc) is 2.99. The maximum atomic E-state index is 11.1. The number of nitrogen functional groups attached to an aromatic ring is 1. The van der Waals surface area contributed by atoms with Crippen molar-refractivity contribution in [3.63, 3.8) is 0 Å². The van der Waals surface area contributed by atoms with Gasteiger partial charge in [0.1, 0.15) is 0 Å². The number of Topliss-reactive ketones (excluding diaryl/α,β-unsaturated/α-hetero) is 1. The van der Waals surface area contributed by atoms with Crippen LogP contribution in [0.25, 0.3) is 0 Å². The van der Waals surface area contributed by atoms with Gasteiger partial charge in [0.25, 0.3) is 0 Å². The largest absolute Gasteiger partial charge is 0.398 e. The molecule has 0 atom stereocenters. The highest BCUT2D eigenvalue weighted by atomic mass is 16.1. The Kier molecular flexibility index (Phi) is 2.76. The van der Waals surface area contributed by atoms with E-state index in [1.54, 1.807) is 13.0 Å². The summed E-state index contributed by atoms with van der Waals surface area (Å²) in [5.41, 5.74) is 8.58. The number of rotatable bonds is 4. The van der Waals surface area contributed by atoms with Crippen molar-refractivity contribution < 1.29 is 4.79 Å². The van der Waals surface area contributed by atoms with E-state index in [1.165, 1.54) is 24.8 Å². The van der Waals surface area contributed by atoms with Crippen molar-refractivity contribution in [2.75, 3.05) is 5.73 Å². The Bertz CT molecular complexity index is 380. The maximum Gasteiger partial charge on any atom is 0.159 e. The van der Waals surface area contributed by atoms with Crippen LogP contribution in [-0.2, 0) is 6.42 Å². The smallest absolute Gasteiger partial charge is 0.159 e. The van der Waals surface area contributed by atoms with E-state index >= 15 is 0 Å². The van der Waals surface area contributed by atoms with Crippen molar-refractivity contribution in [3.8, 4) is 0 Å². The lowest BCUT2D eigenvalue weighted by molar-refractivity contribution is 0.101. The molecule has 0 bridgehead atoms. The monoisotopic (exact) mass is 203 g/mol. The van der Waals surface area contributed by atoms with Crippen LogP contribution < -0.4 is 5.73 Å². The second-order valence-corrected chi connectivity index (χ2v) is 4.45. The van der Waals surface area contributed by atoms with Gasteiger partial charge in [-0.05, 0) is 37.3 Å². The molecule has 2 heteroatoms. The molecule has 0 aromatic heterocycles. The summed E-state index contributed by atoms with van der Waals surface area (Å²) < 4.78 is 0. The summed E-state index contributed by atoms with van der Waals surface area (Å²) >= 11 is 0. The number of hydrogen-bond donors (Lipinski definition) is 1. The molecule has 0 saturated heterocycles. The quantitative estimate of drug-likeness (QED) is 0.604. The third-order valence-electron chi connectivity index (χ3n) is 3.07. The molecular formula is C13H17NO. The summed E-state index contributed by atoms with van der Waals surface area (Å²) in [5.74, 6) is 1.01. The lowest BCUT2D eigenvalue weighted by Crippen LogP contribution is -1.99. The van der Waals surface area contributed by atoms with Gasteiger partial charge < -0.3 is 5.73 Å². The topological polar surface area (TPSA) is 43.1 Å². The summed E-state index contributed by atoms with van der Waals surface area (Å²) in [6, 6.07) is 5.67. The number of aryl methyl sites for hydroxylation is 1. The standard InChI is InChI=1S/C13H17NO/c1-9(15)12-7-6-11(13(14)8-12)5-4-10-2-3-10/h6-8,10H,2-5,14H2,1H3. The number of benzene rings is 1. The summed E-state index contributed by atoms with van der Waals surface area (Å²) in [7, 11) is 0. The molecule has 1 aromatic carbocycles. The van der Waals surface area contributed by atoms with E-state index in [-0.39, 0.29) is 5.78 Å². The first kappa shape index (κ1) is 10.2. The minimum absolute atomic E-state index is 0.0791. The molecule has 2 rings (SSSR count). The van der Waals surface area contributed by atoms with E-state index < -0.39 is 0 Å². The van der Waals surface area contributed by atoms with Gasteiger partial charge in [0.15, 0.2) is 5.78 Å². The molecular weight excluding hydrogens is 186 g/mol. The predicted molar refractivity (Wildman–Crippen MR) is 61.9 cm³/mol. The highest BCUT2D eigenvalue weighted by molar-refractivity contribution is 5.95. The van der Waals surface area contributed by atoms with Crippen LogP contribution in [0.4, 0.5) is 5.69 Å². The Balaban J connectivity index is 2.07. The second kappa shape index (κ2) is 4.05. The number of carbonyl (C=O) groups excluding carboxylic acids is 1. The van der Waals surface area contributed by atoms with Crippen LogP contribution in [0.3, 0.4) is 0 Å². The Morgan fingerprint density at radius 3 is 2.73 bits per heavy atom. The predicted octanol–water partition coefficient (Wildman–Crippen LogP) is 2.81. The molecule has 1 aromatic rings. The fourth-order valence-electron chi connectivity index (χ4n) is 1.81. The van der Waals surface area contributed by atoms with E-state index in [0.29, 0.717) is 5.56 Å². The van der Waals surface area contributed by atoms with Crippen LogP contribution in [0.5, 0.6) is 0 Å². The van der Waals surface area contributed by atoms with Crippen LogP contribution in [0.2, 0.25) is 0 Å². The van der Waals surface area contributed by atoms with Crippen molar-refractivity contribution >= 4 is 11.5 Å². The fourth-order valence-corrected chi connectivity index (χ4v) is 1.81. The maximum absolute atomic E-state index is 11.1. The summed E-state index contributed by atoms with van der Waals surface area (Å²) in [5, 5.41) is 0. The van der Waals surface area contributed by atoms with Gasteiger partial charge in [0.2, 0.25) is 0 Å². The molecule has 0 spiro atoms. The molecule has 1 aliphatic rings. The first-order chi connectivity index (χ1) is 7.16. The van der Waals surface area contributed by atoms with Gasteiger partial charge >= 0.3 is 0 Å². The first-order valence-corrected chi connectivity index (χ1v) is 5.56. The van der Waals surface area contributed by atoms with E-state index in [9.17, 15) is 4.79 Å². The molecule has 0 aliphatic heterocycles. The van der Waals surface area contributed by atoms with Crippen LogP contribution in [0.1, 0.15) is 42.1 Å². The number of ketones is 1. The highest BCUT2D eigenvalue weighted by Gasteiger charge is 2.20. The van der Waals surface area contributed by atoms with Crippen LogP contribution in [0.15, 0.2) is 18.2 Å². The Morgan fingerprint density at radius 1 is 1.47 bits per heavy atom. The molecule has 1 saturated carbocycles. The van der Waals surface area contributed by atoms with Gasteiger partial charge in [-0.3, -0.25) is 4.79 Å². The summed E-state index contributed by atoms with van der Waals surface area (Å²) in [6.45, 7) is 1.57. The number of anilines is 1. The Labute approximate surface area is 90.5 Å². The zero-order chi connectivity index (χ0) is 10.8. The van der Waals surface area contributed by atoms with Crippen molar-refractivity contribution in [1.29, 1.82) is 0 Å². The van der Waals surface area contributed by atoms with Crippen molar-refractivity contribution in [1.82, 2.24) is 0 Å². The van der Waals surface area contributed by atoms with E-state index in [4.69, 9.17) is 5.73 Å². The third-order valence-corrected chi connectivity index (χ3v) is 3.07. The van der Waals surface area contributed by atoms with Gasteiger partial charge in [0.05, 0.1) is 0 Å². The lowest BCUT2D eigenvalue weighted by Gasteiger charge is -2.06. The minimum Gasteiger partial charge on any atom is -0.398 e. The van der Waals surface area contributed by atoms with E-state index in [1.807, 2.05) is 12.1 Å². The molecule has 2 nitrogen and oxygen atoms in total. The second-order valence-electron chi connectivity index (χ2n) is 4.45. The molecule has 1 aliphatic carbocycles.